The van der Waals surface area contributed by atoms with Gasteiger partial charge in [0.25, 0.3) is 0 Å². The first-order valence-electron chi connectivity index (χ1n) is 5.52. The fourth-order valence-electron chi connectivity index (χ4n) is 0.960. The van der Waals surface area contributed by atoms with Gasteiger partial charge in [-0.25, -0.2) is 0 Å². The van der Waals surface area contributed by atoms with Crippen molar-refractivity contribution in [2.24, 2.45) is 0 Å². The molecule has 15 heteroatoms. The van der Waals surface area contributed by atoms with Crippen molar-refractivity contribution < 1.29 is 59.4 Å². The summed E-state index contributed by atoms with van der Waals surface area (Å²) in [5.74, 6) is -10.7. The second-order valence-electron chi connectivity index (χ2n) is 3.65. The number of carboxylic acids is 6. The molecule has 0 unspecified atom stereocenters. The summed E-state index contributed by atoms with van der Waals surface area (Å²) in [4.78, 5) is 59.3. The Morgan fingerprint density at radius 1 is 0.519 bits per heavy atom. The first-order chi connectivity index (χ1) is 10.9. The molecule has 0 bridgehead atoms. The molecule has 0 N–H and O–H groups in total. The van der Waals surface area contributed by atoms with E-state index in [4.69, 9.17) is 0 Å². The molecule has 0 aromatic heterocycles. The van der Waals surface area contributed by atoms with E-state index in [9.17, 15) is 59.4 Å². The zero-order valence-electron chi connectivity index (χ0n) is 13.6. The van der Waals surface area contributed by atoms with Crippen molar-refractivity contribution >= 4 is 105 Å². The van der Waals surface area contributed by atoms with E-state index in [-0.39, 0.29) is 81.3 Å². The number of aliphatic carboxylic acids is 6. The molecular formula is C12H6Mg3O12. The minimum absolute atomic E-state index is 0. The van der Waals surface area contributed by atoms with Crippen LogP contribution in [0.2, 0.25) is 0 Å². The van der Waals surface area contributed by atoms with Crippen molar-refractivity contribution in [1.82, 2.24) is 0 Å². The van der Waals surface area contributed by atoms with E-state index in [0.29, 0.717) is 0 Å². The summed E-state index contributed by atoms with van der Waals surface area (Å²) in [5, 5.41) is 59.3. The minimum atomic E-state index is -1.87. The molecule has 0 heterocycles. The van der Waals surface area contributed by atoms with Gasteiger partial charge >= 0.3 is 69.2 Å². The summed E-state index contributed by atoms with van der Waals surface area (Å²) in [5.41, 5.74) is -1.79. The van der Waals surface area contributed by atoms with Crippen molar-refractivity contribution in [1.29, 1.82) is 0 Å². The predicted octanol–water partition coefficient (Wildman–Crippen LogP) is -10.0. The van der Waals surface area contributed by atoms with Crippen molar-refractivity contribution in [2.75, 3.05) is 0 Å². The Hall–Kier alpha value is -1.40. The summed E-state index contributed by atoms with van der Waals surface area (Å²) in [7, 11) is 0. The van der Waals surface area contributed by atoms with Crippen molar-refractivity contribution in [3.8, 4) is 0 Å². The topological polar surface area (TPSA) is 241 Å². The van der Waals surface area contributed by atoms with Gasteiger partial charge in [0.05, 0.1) is 23.9 Å². The van der Waals surface area contributed by atoms with Crippen LogP contribution in [0.3, 0.4) is 0 Å². The van der Waals surface area contributed by atoms with E-state index in [1.54, 1.807) is 0 Å². The first kappa shape index (κ1) is 36.5. The second-order valence-corrected chi connectivity index (χ2v) is 3.65. The summed E-state index contributed by atoms with van der Waals surface area (Å²) in [6, 6.07) is 0. The molecule has 0 saturated carbocycles. The standard InChI is InChI=1S/2C6H6O6.3Mg/c2*7-4(8)1-3(6(11)12)2-5(9)10;;;/h2*1H,2H2,(H,7,8)(H,9,10)(H,11,12);;;/q;;3*+2/p-6/b2*3-1+;;;. The number of carbonyl (C=O) groups is 6. The molecular weight excluding hydrogens is 409 g/mol. The van der Waals surface area contributed by atoms with Crippen molar-refractivity contribution in [3.05, 3.63) is 23.3 Å². The Bertz CT molecular complexity index is 569. The molecule has 27 heavy (non-hydrogen) atoms. The molecule has 0 aliphatic rings. The van der Waals surface area contributed by atoms with E-state index >= 15 is 0 Å². The maximum absolute atomic E-state index is 10.0. The number of carboxylic acid groups (broad SMARTS) is 6. The maximum atomic E-state index is 10.0. The largest absolute Gasteiger partial charge is 2.00 e. The molecule has 0 aliphatic carbocycles. The third kappa shape index (κ3) is 24.6. The Balaban J connectivity index is -0.000000108. The Morgan fingerprint density at radius 3 is 0.852 bits per heavy atom. The van der Waals surface area contributed by atoms with E-state index in [1.165, 1.54) is 0 Å². The van der Waals surface area contributed by atoms with Gasteiger partial charge in [0.2, 0.25) is 0 Å². The maximum Gasteiger partial charge on any atom is 2.00 e. The molecule has 0 saturated heterocycles. The van der Waals surface area contributed by atoms with E-state index in [0.717, 1.165) is 0 Å². The molecule has 0 amide bonds. The molecule has 0 aromatic carbocycles. The molecule has 0 rings (SSSR count). The molecule has 12 nitrogen and oxygen atoms in total. The monoisotopic (exact) mass is 414 g/mol. The van der Waals surface area contributed by atoms with Crippen LogP contribution in [0.25, 0.3) is 0 Å². The Labute approximate surface area is 199 Å². The van der Waals surface area contributed by atoms with Gasteiger partial charge in [0.15, 0.2) is 0 Å². The van der Waals surface area contributed by atoms with Crippen LogP contribution in [0, 0.1) is 0 Å². The van der Waals surface area contributed by atoms with Gasteiger partial charge in [-0.05, 0) is 23.3 Å². The van der Waals surface area contributed by atoms with Crippen molar-refractivity contribution in [2.45, 2.75) is 12.8 Å². The number of hydrogen-bond acceptors (Lipinski definition) is 12. The van der Waals surface area contributed by atoms with Gasteiger partial charge in [-0.3, -0.25) is 0 Å². The van der Waals surface area contributed by atoms with Gasteiger partial charge in [-0.1, -0.05) is 0 Å². The Morgan fingerprint density at radius 2 is 0.741 bits per heavy atom. The molecule has 0 radical (unpaired) electrons. The van der Waals surface area contributed by atoms with E-state index in [1.807, 2.05) is 0 Å². The van der Waals surface area contributed by atoms with Crippen molar-refractivity contribution in [3.63, 3.8) is 0 Å². The molecule has 0 aliphatic heterocycles. The van der Waals surface area contributed by atoms with Crippen LogP contribution >= 0.6 is 0 Å². The fraction of sp³-hybridized carbons (Fsp3) is 0.167. The molecule has 0 spiro atoms. The average Bonchev–Trinajstić information content (AvgIpc) is 2.35. The second kappa shape index (κ2) is 19.4. The van der Waals surface area contributed by atoms with Gasteiger partial charge in [0, 0.05) is 24.8 Å². The zero-order chi connectivity index (χ0) is 19.4. The van der Waals surface area contributed by atoms with Crippen LogP contribution in [0.5, 0.6) is 0 Å². The van der Waals surface area contributed by atoms with Crippen LogP contribution in [-0.4, -0.2) is 105 Å². The van der Waals surface area contributed by atoms with Gasteiger partial charge < -0.3 is 59.4 Å². The minimum Gasteiger partial charge on any atom is -0.550 e. The summed E-state index contributed by atoms with van der Waals surface area (Å²) in [6.45, 7) is 0. The quantitative estimate of drug-likeness (QED) is 0.265. The zero-order valence-corrected chi connectivity index (χ0v) is 17.8. The molecule has 0 fully saturated rings. The number of hydrogen-bond donors (Lipinski definition) is 0. The third-order valence-corrected chi connectivity index (χ3v) is 1.78. The smallest absolute Gasteiger partial charge is 0.550 e. The van der Waals surface area contributed by atoms with Gasteiger partial charge in [-0.15, -0.1) is 0 Å². The third-order valence-electron chi connectivity index (χ3n) is 1.78. The van der Waals surface area contributed by atoms with Crippen LogP contribution in [-0.2, 0) is 28.8 Å². The SMILES string of the molecule is O=C([O-])/C=C(\CC(=O)[O-])C(=O)[O-].O=C([O-])/C=C(\CC(=O)[O-])C(=O)[O-].[Mg+2].[Mg+2].[Mg+2]. The average molecular weight is 415 g/mol. The van der Waals surface area contributed by atoms with Crippen LogP contribution < -0.4 is 30.6 Å². The summed E-state index contributed by atoms with van der Waals surface area (Å²) >= 11 is 0. The summed E-state index contributed by atoms with van der Waals surface area (Å²) < 4.78 is 0. The van der Waals surface area contributed by atoms with Gasteiger partial charge in [0.1, 0.15) is 0 Å². The van der Waals surface area contributed by atoms with Crippen LogP contribution in [0.1, 0.15) is 12.8 Å². The van der Waals surface area contributed by atoms with E-state index < -0.39 is 59.8 Å². The summed E-state index contributed by atoms with van der Waals surface area (Å²) in [6.07, 6.45) is -1.75. The molecule has 132 valence electrons. The van der Waals surface area contributed by atoms with Crippen LogP contribution in [0.4, 0.5) is 0 Å². The van der Waals surface area contributed by atoms with Gasteiger partial charge in [-0.2, -0.15) is 0 Å². The predicted molar refractivity (Wildman–Crippen MR) is 72.7 cm³/mol. The van der Waals surface area contributed by atoms with Crippen LogP contribution in [0.15, 0.2) is 23.3 Å². The number of carbonyl (C=O) groups excluding carboxylic acids is 6. The normalized spacial score (nSPS) is 9.63. The fourth-order valence-corrected chi connectivity index (χ4v) is 0.960. The number of rotatable bonds is 8. The molecule has 0 atom stereocenters. The van der Waals surface area contributed by atoms with E-state index in [2.05, 4.69) is 0 Å². The Kier molecular flexibility index (Phi) is 26.2. The molecule has 0 aromatic rings. The first-order valence-corrected chi connectivity index (χ1v) is 5.52.